The van der Waals surface area contributed by atoms with E-state index >= 15 is 0 Å². The highest BCUT2D eigenvalue weighted by atomic mass is 32.2. The van der Waals surface area contributed by atoms with Crippen LogP contribution in [0.15, 0.2) is 11.2 Å². The molecule has 1 aromatic heterocycles. The van der Waals surface area contributed by atoms with Crippen LogP contribution in [0.25, 0.3) is 0 Å². The summed E-state index contributed by atoms with van der Waals surface area (Å²) in [4.78, 5) is 15.0. The van der Waals surface area contributed by atoms with E-state index in [0.29, 0.717) is 12.4 Å². The van der Waals surface area contributed by atoms with Crippen molar-refractivity contribution in [2.45, 2.75) is 37.9 Å². The highest BCUT2D eigenvalue weighted by molar-refractivity contribution is 7.89. The van der Waals surface area contributed by atoms with Crippen molar-refractivity contribution in [1.29, 1.82) is 0 Å². The van der Waals surface area contributed by atoms with Crippen LogP contribution >= 0.6 is 0 Å². The summed E-state index contributed by atoms with van der Waals surface area (Å²) >= 11 is 0. The Hall–Kier alpha value is -1.45. The first-order valence-corrected chi connectivity index (χ1v) is 8.15. The molecule has 0 aromatic carbocycles. The van der Waals surface area contributed by atoms with Crippen LogP contribution in [0.5, 0.6) is 0 Å². The molecular formula is C12H19N3O5S. The van der Waals surface area contributed by atoms with Crippen LogP contribution in [0.3, 0.4) is 0 Å². The summed E-state index contributed by atoms with van der Waals surface area (Å²) in [6, 6.07) is -0.701. The fourth-order valence-electron chi connectivity index (χ4n) is 2.36. The van der Waals surface area contributed by atoms with E-state index in [0.717, 1.165) is 0 Å². The van der Waals surface area contributed by atoms with Crippen molar-refractivity contribution in [3.8, 4) is 0 Å². The van der Waals surface area contributed by atoms with Crippen molar-refractivity contribution < 1.29 is 23.1 Å². The van der Waals surface area contributed by atoms with Gasteiger partial charge in [-0.3, -0.25) is 4.79 Å². The van der Waals surface area contributed by atoms with E-state index in [2.05, 4.69) is 4.98 Å². The Morgan fingerprint density at radius 1 is 1.57 bits per heavy atom. The maximum atomic E-state index is 12.7. The molecule has 0 radical (unpaired) electrons. The minimum Gasteiger partial charge on any atom is -0.481 e. The molecular weight excluding hydrogens is 298 g/mol. The zero-order chi connectivity index (χ0) is 15.6. The van der Waals surface area contributed by atoms with Crippen LogP contribution in [-0.4, -0.2) is 59.2 Å². The van der Waals surface area contributed by atoms with Gasteiger partial charge in [-0.05, 0) is 13.8 Å². The number of carboxylic acid groups (broad SMARTS) is 1. The fourth-order valence-corrected chi connectivity index (χ4v) is 3.95. The molecule has 2 rings (SSSR count). The van der Waals surface area contributed by atoms with E-state index in [-0.39, 0.29) is 31.2 Å². The first kappa shape index (κ1) is 15.9. The van der Waals surface area contributed by atoms with Crippen LogP contribution in [0.1, 0.15) is 19.2 Å². The second kappa shape index (κ2) is 6.12. The molecule has 1 aliphatic rings. The van der Waals surface area contributed by atoms with Crippen LogP contribution in [-0.2, 0) is 26.1 Å². The number of rotatable bonds is 5. The molecule has 0 bridgehead atoms. The molecule has 21 heavy (non-hydrogen) atoms. The molecule has 9 heteroatoms. The largest absolute Gasteiger partial charge is 0.481 e. The van der Waals surface area contributed by atoms with Crippen molar-refractivity contribution >= 4 is 16.0 Å². The quantitative estimate of drug-likeness (QED) is 0.825. The van der Waals surface area contributed by atoms with Gasteiger partial charge in [-0.15, -0.1) is 0 Å². The van der Waals surface area contributed by atoms with Crippen LogP contribution < -0.4 is 0 Å². The van der Waals surface area contributed by atoms with Crippen molar-refractivity contribution in [2.75, 3.05) is 19.8 Å². The average Bonchev–Trinajstić information content (AvgIpc) is 2.80. The zero-order valence-corrected chi connectivity index (χ0v) is 12.8. The first-order valence-electron chi connectivity index (χ1n) is 6.71. The standard InChI is InChI=1S/C12H19N3O5S/c1-3-14-7-11(13-9(14)2)21(18,19)15-4-5-20-8-10(15)6-12(16)17/h7,10H,3-6,8H2,1-2H3,(H,16,17). The molecule has 0 spiro atoms. The Morgan fingerprint density at radius 3 is 2.86 bits per heavy atom. The third kappa shape index (κ3) is 3.25. The summed E-state index contributed by atoms with van der Waals surface area (Å²) < 4.78 is 33.4. The summed E-state index contributed by atoms with van der Waals surface area (Å²) in [7, 11) is -3.81. The Labute approximate surface area is 123 Å². The maximum absolute atomic E-state index is 12.7. The molecule has 1 N–H and O–H groups in total. The molecule has 118 valence electrons. The number of aliphatic carboxylic acids is 1. The Bertz CT molecular complexity index is 625. The third-order valence-electron chi connectivity index (χ3n) is 3.45. The monoisotopic (exact) mass is 317 g/mol. The minimum atomic E-state index is -3.81. The third-order valence-corrected chi connectivity index (χ3v) is 5.27. The number of carbonyl (C=O) groups is 1. The summed E-state index contributed by atoms with van der Waals surface area (Å²) in [5.74, 6) is -0.444. The molecule has 1 saturated heterocycles. The molecule has 8 nitrogen and oxygen atoms in total. The Kier molecular flexibility index (Phi) is 4.64. The van der Waals surface area contributed by atoms with Gasteiger partial charge in [-0.1, -0.05) is 0 Å². The average molecular weight is 317 g/mol. The second-order valence-electron chi connectivity index (χ2n) is 4.85. The van der Waals surface area contributed by atoms with E-state index in [1.165, 1.54) is 10.5 Å². The van der Waals surface area contributed by atoms with Gasteiger partial charge in [0.2, 0.25) is 0 Å². The highest BCUT2D eigenvalue weighted by Crippen LogP contribution is 2.22. The van der Waals surface area contributed by atoms with Crippen molar-refractivity contribution in [3.63, 3.8) is 0 Å². The Morgan fingerprint density at radius 2 is 2.29 bits per heavy atom. The predicted octanol–water partition coefficient (Wildman–Crippen LogP) is 0.0756. The molecule has 1 unspecified atom stereocenters. The second-order valence-corrected chi connectivity index (χ2v) is 6.69. The number of aryl methyl sites for hydroxylation is 2. The van der Waals surface area contributed by atoms with Gasteiger partial charge < -0.3 is 14.4 Å². The number of hydrogen-bond donors (Lipinski definition) is 1. The van der Waals surface area contributed by atoms with E-state index in [1.807, 2.05) is 6.92 Å². The fraction of sp³-hybridized carbons (Fsp3) is 0.667. The summed E-state index contributed by atoms with van der Waals surface area (Å²) in [6.45, 7) is 4.72. The van der Waals surface area contributed by atoms with Gasteiger partial charge >= 0.3 is 5.97 Å². The molecule has 0 amide bonds. The van der Waals surface area contributed by atoms with Crippen molar-refractivity contribution in [2.24, 2.45) is 0 Å². The number of morpholine rings is 1. The molecule has 1 aliphatic heterocycles. The number of nitrogens with zero attached hydrogens (tertiary/aromatic N) is 3. The van der Waals surface area contributed by atoms with Crippen LogP contribution in [0.2, 0.25) is 0 Å². The van der Waals surface area contributed by atoms with E-state index in [9.17, 15) is 13.2 Å². The zero-order valence-electron chi connectivity index (χ0n) is 12.0. The van der Waals surface area contributed by atoms with E-state index in [1.54, 1.807) is 11.5 Å². The number of imidazole rings is 1. The van der Waals surface area contributed by atoms with Crippen molar-refractivity contribution in [3.05, 3.63) is 12.0 Å². The van der Waals surface area contributed by atoms with Crippen molar-refractivity contribution in [1.82, 2.24) is 13.9 Å². The van der Waals surface area contributed by atoms with E-state index in [4.69, 9.17) is 9.84 Å². The van der Waals surface area contributed by atoms with Gasteiger partial charge in [0.05, 0.1) is 25.7 Å². The lowest BCUT2D eigenvalue weighted by molar-refractivity contribution is -0.139. The van der Waals surface area contributed by atoms with Gasteiger partial charge in [0.1, 0.15) is 5.82 Å². The first-order chi connectivity index (χ1) is 9.86. The molecule has 1 atom stereocenters. The number of ether oxygens (including phenoxy) is 1. The maximum Gasteiger partial charge on any atom is 0.305 e. The Balaban J connectivity index is 2.33. The SMILES string of the molecule is CCn1cc(S(=O)(=O)N2CCOCC2CC(=O)O)nc1C. The van der Waals surface area contributed by atoms with Gasteiger partial charge in [-0.2, -0.15) is 4.31 Å². The smallest absolute Gasteiger partial charge is 0.305 e. The van der Waals surface area contributed by atoms with Gasteiger partial charge in [0.15, 0.2) is 5.03 Å². The number of carboxylic acids is 1. The summed E-state index contributed by atoms with van der Waals surface area (Å²) in [6.07, 6.45) is 1.20. The topological polar surface area (TPSA) is 102 Å². The lowest BCUT2D eigenvalue weighted by Gasteiger charge is -2.33. The van der Waals surface area contributed by atoms with E-state index < -0.39 is 22.0 Å². The lowest BCUT2D eigenvalue weighted by Crippen LogP contribution is -2.49. The molecule has 1 fully saturated rings. The van der Waals surface area contributed by atoms with Crippen LogP contribution in [0.4, 0.5) is 0 Å². The van der Waals surface area contributed by atoms with Gasteiger partial charge in [0.25, 0.3) is 10.0 Å². The highest BCUT2D eigenvalue weighted by Gasteiger charge is 2.36. The lowest BCUT2D eigenvalue weighted by atomic mass is 10.2. The molecule has 2 heterocycles. The number of sulfonamides is 1. The van der Waals surface area contributed by atoms with Gasteiger partial charge in [-0.25, -0.2) is 13.4 Å². The molecule has 1 aromatic rings. The number of aromatic nitrogens is 2. The van der Waals surface area contributed by atoms with Gasteiger partial charge in [0, 0.05) is 19.3 Å². The molecule has 0 aliphatic carbocycles. The van der Waals surface area contributed by atoms with Crippen LogP contribution in [0, 0.1) is 6.92 Å². The molecule has 0 saturated carbocycles. The summed E-state index contributed by atoms with van der Waals surface area (Å²) in [5.41, 5.74) is 0. The summed E-state index contributed by atoms with van der Waals surface area (Å²) in [5, 5.41) is 8.87. The minimum absolute atomic E-state index is 0.0425. The normalized spacial score (nSPS) is 20.6. The number of hydrogen-bond acceptors (Lipinski definition) is 5. The predicted molar refractivity (Wildman–Crippen MR) is 73.4 cm³/mol.